The molecule has 0 amide bonds. The van der Waals surface area contributed by atoms with Crippen molar-refractivity contribution in [2.24, 2.45) is 0 Å². The number of hydrogen-bond acceptors (Lipinski definition) is 5. The van der Waals surface area contributed by atoms with Crippen molar-refractivity contribution in [3.63, 3.8) is 0 Å². The Morgan fingerprint density at radius 1 is 1.10 bits per heavy atom. The van der Waals surface area contributed by atoms with Crippen molar-refractivity contribution in [2.45, 2.75) is 33.5 Å². The van der Waals surface area contributed by atoms with Crippen LogP contribution in [0.3, 0.4) is 0 Å². The Kier molecular flexibility index (Phi) is 6.25. The van der Waals surface area contributed by atoms with E-state index >= 15 is 0 Å². The molecule has 0 saturated heterocycles. The van der Waals surface area contributed by atoms with Gasteiger partial charge in [-0.3, -0.25) is 9.78 Å². The highest BCUT2D eigenvalue weighted by atomic mass is 19.3. The molecule has 3 rings (SSSR count). The van der Waals surface area contributed by atoms with Crippen LogP contribution in [0, 0.1) is 13.8 Å². The number of rotatable bonds is 7. The molecule has 8 heteroatoms. The van der Waals surface area contributed by atoms with Crippen molar-refractivity contribution >= 4 is 11.8 Å². The summed E-state index contributed by atoms with van der Waals surface area (Å²) in [5.41, 5.74) is 2.76. The number of ether oxygens (including phenoxy) is 2. The van der Waals surface area contributed by atoms with Gasteiger partial charge in [-0.15, -0.1) is 0 Å². The normalized spacial score (nSPS) is 11.9. The lowest BCUT2D eigenvalue weighted by atomic mass is 10.1. The first-order valence-corrected chi connectivity index (χ1v) is 9.17. The van der Waals surface area contributed by atoms with Crippen LogP contribution < -0.4 is 4.74 Å². The highest BCUT2D eigenvalue weighted by molar-refractivity contribution is 6.02. The minimum atomic E-state index is -2.90. The summed E-state index contributed by atoms with van der Waals surface area (Å²) in [5.74, 6) is -0.930. The molecule has 156 valence electrons. The number of Topliss-reactive ketones (excluding diaryl/α,β-unsaturated/α-hetero) is 1. The van der Waals surface area contributed by atoms with E-state index < -0.39 is 18.7 Å². The molecule has 0 unspecified atom stereocenters. The van der Waals surface area contributed by atoms with Gasteiger partial charge in [0.1, 0.15) is 5.75 Å². The van der Waals surface area contributed by atoms with Crippen molar-refractivity contribution in [3.05, 3.63) is 77.4 Å². The van der Waals surface area contributed by atoms with Crippen LogP contribution in [0.15, 0.2) is 54.9 Å². The standard InChI is InChI=1S/C22H20F2N2O4/c1-13-11-19(20(27)15(3)29-21(28)16-5-4-10-25-12-16)14(2)26(13)17-6-8-18(9-7-17)30-22(23)24/h4-12,15,22H,1-3H3/t15-/m1/s1. The van der Waals surface area contributed by atoms with Gasteiger partial charge in [-0.2, -0.15) is 8.78 Å². The second kappa shape index (κ2) is 8.86. The quantitative estimate of drug-likeness (QED) is 0.420. The lowest BCUT2D eigenvalue weighted by Crippen LogP contribution is -2.25. The summed E-state index contributed by atoms with van der Waals surface area (Å²) in [6.07, 6.45) is 1.91. The molecule has 0 spiro atoms. The van der Waals surface area contributed by atoms with E-state index in [9.17, 15) is 18.4 Å². The smallest absolute Gasteiger partial charge is 0.387 e. The van der Waals surface area contributed by atoms with Crippen LogP contribution in [-0.4, -0.2) is 34.0 Å². The van der Waals surface area contributed by atoms with Crippen molar-refractivity contribution in [2.75, 3.05) is 0 Å². The fourth-order valence-electron chi connectivity index (χ4n) is 3.17. The Hall–Kier alpha value is -3.55. The maximum absolute atomic E-state index is 12.9. The summed E-state index contributed by atoms with van der Waals surface area (Å²) in [4.78, 5) is 28.9. The largest absolute Gasteiger partial charge is 0.451 e. The van der Waals surface area contributed by atoms with Crippen LogP contribution in [0.5, 0.6) is 5.75 Å². The van der Waals surface area contributed by atoms with Gasteiger partial charge in [-0.25, -0.2) is 4.79 Å². The Morgan fingerprint density at radius 2 is 1.80 bits per heavy atom. The van der Waals surface area contributed by atoms with Crippen LogP contribution >= 0.6 is 0 Å². The predicted octanol–water partition coefficient (Wildman–Crippen LogP) is 4.52. The molecule has 1 aromatic carbocycles. The molecule has 0 N–H and O–H groups in total. The van der Waals surface area contributed by atoms with Gasteiger partial charge in [0.25, 0.3) is 0 Å². The molecule has 0 aliphatic rings. The van der Waals surface area contributed by atoms with Crippen LogP contribution in [0.1, 0.15) is 39.0 Å². The monoisotopic (exact) mass is 414 g/mol. The first kappa shape index (κ1) is 21.2. The first-order valence-electron chi connectivity index (χ1n) is 9.17. The molecule has 0 aliphatic heterocycles. The van der Waals surface area contributed by atoms with E-state index in [4.69, 9.17) is 4.74 Å². The molecule has 2 heterocycles. The van der Waals surface area contributed by atoms with E-state index in [1.807, 2.05) is 11.5 Å². The predicted molar refractivity (Wildman–Crippen MR) is 105 cm³/mol. The number of nitrogens with zero attached hydrogens (tertiary/aromatic N) is 2. The molecule has 0 radical (unpaired) electrons. The lowest BCUT2D eigenvalue weighted by Gasteiger charge is -2.13. The summed E-state index contributed by atoms with van der Waals surface area (Å²) in [6, 6.07) is 11.0. The van der Waals surface area contributed by atoms with Gasteiger partial charge in [-0.05, 0) is 63.2 Å². The minimum Gasteiger partial charge on any atom is -0.451 e. The number of pyridine rings is 1. The molecule has 6 nitrogen and oxygen atoms in total. The zero-order valence-corrected chi connectivity index (χ0v) is 16.6. The van der Waals surface area contributed by atoms with E-state index in [-0.39, 0.29) is 17.1 Å². The molecule has 3 aromatic rings. The van der Waals surface area contributed by atoms with Gasteiger partial charge in [0.15, 0.2) is 6.10 Å². The maximum Gasteiger partial charge on any atom is 0.387 e. The number of halogens is 2. The Balaban J connectivity index is 1.80. The third-order valence-electron chi connectivity index (χ3n) is 4.57. The van der Waals surface area contributed by atoms with Gasteiger partial charge in [0.05, 0.1) is 5.56 Å². The van der Waals surface area contributed by atoms with Crippen molar-refractivity contribution in [1.82, 2.24) is 9.55 Å². The van der Waals surface area contributed by atoms with Crippen molar-refractivity contribution < 1.29 is 27.8 Å². The lowest BCUT2D eigenvalue weighted by molar-refractivity contribution is -0.0498. The third kappa shape index (κ3) is 4.53. The van der Waals surface area contributed by atoms with Gasteiger partial charge in [0, 0.05) is 35.0 Å². The molecular formula is C22H20F2N2O4. The SMILES string of the molecule is Cc1cc(C(=O)[C@@H](C)OC(=O)c2cccnc2)c(C)n1-c1ccc(OC(F)F)cc1. The van der Waals surface area contributed by atoms with Crippen LogP contribution in [0.4, 0.5) is 8.78 Å². The average Bonchev–Trinajstić information content (AvgIpc) is 3.02. The number of esters is 1. The number of aromatic nitrogens is 2. The number of carbonyl (C=O) groups is 2. The number of benzene rings is 1. The molecule has 0 fully saturated rings. The van der Waals surface area contributed by atoms with E-state index in [0.717, 1.165) is 5.69 Å². The van der Waals surface area contributed by atoms with Gasteiger partial charge in [-0.1, -0.05) is 0 Å². The first-order chi connectivity index (χ1) is 14.3. The van der Waals surface area contributed by atoms with Crippen molar-refractivity contribution in [1.29, 1.82) is 0 Å². The fraction of sp³-hybridized carbons (Fsp3) is 0.227. The Labute approximate surface area is 172 Å². The van der Waals surface area contributed by atoms with Gasteiger partial charge < -0.3 is 14.0 Å². The highest BCUT2D eigenvalue weighted by Crippen LogP contribution is 2.25. The average molecular weight is 414 g/mol. The number of ketones is 1. The Morgan fingerprint density at radius 3 is 2.40 bits per heavy atom. The molecule has 0 bridgehead atoms. The highest BCUT2D eigenvalue weighted by Gasteiger charge is 2.25. The molecule has 0 saturated carbocycles. The maximum atomic E-state index is 12.9. The molecule has 0 aliphatic carbocycles. The van der Waals surface area contributed by atoms with Gasteiger partial charge in [0.2, 0.25) is 5.78 Å². The van der Waals surface area contributed by atoms with Crippen LogP contribution in [0.2, 0.25) is 0 Å². The molecule has 2 aromatic heterocycles. The summed E-state index contributed by atoms with van der Waals surface area (Å²) in [6.45, 7) is 2.20. The van der Waals surface area contributed by atoms with Gasteiger partial charge >= 0.3 is 12.6 Å². The number of aryl methyl sites for hydroxylation is 1. The topological polar surface area (TPSA) is 70.4 Å². The summed E-state index contributed by atoms with van der Waals surface area (Å²) in [7, 11) is 0. The summed E-state index contributed by atoms with van der Waals surface area (Å²) in [5, 5.41) is 0. The number of carbonyl (C=O) groups excluding carboxylic acids is 2. The zero-order chi connectivity index (χ0) is 21.8. The number of hydrogen-bond donors (Lipinski definition) is 0. The fourth-order valence-corrected chi connectivity index (χ4v) is 3.17. The van der Waals surface area contributed by atoms with E-state index in [2.05, 4.69) is 9.72 Å². The second-order valence-electron chi connectivity index (χ2n) is 6.65. The summed E-state index contributed by atoms with van der Waals surface area (Å²) >= 11 is 0. The number of alkyl halides is 2. The molecular weight excluding hydrogens is 394 g/mol. The Bertz CT molecular complexity index is 1050. The van der Waals surface area contributed by atoms with Crippen molar-refractivity contribution in [3.8, 4) is 11.4 Å². The second-order valence-corrected chi connectivity index (χ2v) is 6.65. The van der Waals surface area contributed by atoms with Crippen LogP contribution in [-0.2, 0) is 4.74 Å². The van der Waals surface area contributed by atoms with E-state index in [1.165, 1.54) is 31.5 Å². The zero-order valence-electron chi connectivity index (χ0n) is 16.6. The molecule has 30 heavy (non-hydrogen) atoms. The van der Waals surface area contributed by atoms with E-state index in [0.29, 0.717) is 16.9 Å². The van der Waals surface area contributed by atoms with E-state index in [1.54, 1.807) is 37.3 Å². The molecule has 1 atom stereocenters. The van der Waals surface area contributed by atoms with Crippen LogP contribution in [0.25, 0.3) is 5.69 Å². The third-order valence-corrected chi connectivity index (χ3v) is 4.57. The minimum absolute atomic E-state index is 0.0449. The summed E-state index contributed by atoms with van der Waals surface area (Å²) < 4.78 is 36.1.